The lowest BCUT2D eigenvalue weighted by atomic mass is 10.1. The summed E-state index contributed by atoms with van der Waals surface area (Å²) in [5.41, 5.74) is -1.12. The van der Waals surface area contributed by atoms with E-state index in [4.69, 9.17) is 0 Å². The van der Waals surface area contributed by atoms with Gasteiger partial charge in [-0.25, -0.2) is 8.42 Å². The number of nitrogens with one attached hydrogen (secondary N) is 1. The van der Waals surface area contributed by atoms with E-state index in [0.717, 1.165) is 25.0 Å². The van der Waals surface area contributed by atoms with E-state index in [0.29, 0.717) is 25.9 Å². The standard InChI is InChI=1S/C20H26N4O6S/c1-3-5-12-22(13-6-4-2)20-18(23(25)26)14-17(15-19(20)24(27)28)31(29,30)21-16-10-8-7-9-11-16/h7-11,14-15,21H,3-6,12-13H2,1-2H3. The van der Waals surface area contributed by atoms with Gasteiger partial charge in [0.15, 0.2) is 5.69 Å². The molecule has 0 bridgehead atoms. The lowest BCUT2D eigenvalue weighted by Gasteiger charge is -2.24. The molecular weight excluding hydrogens is 424 g/mol. The predicted molar refractivity (Wildman–Crippen MR) is 119 cm³/mol. The van der Waals surface area contributed by atoms with Gasteiger partial charge in [-0.05, 0) is 25.0 Å². The van der Waals surface area contributed by atoms with Gasteiger partial charge in [-0.2, -0.15) is 0 Å². The summed E-state index contributed by atoms with van der Waals surface area (Å²) >= 11 is 0. The number of nitro groups is 2. The molecular formula is C20H26N4O6S. The Bertz CT molecular complexity index is 984. The van der Waals surface area contributed by atoms with Crippen LogP contribution in [0.1, 0.15) is 39.5 Å². The number of hydrogen-bond donors (Lipinski definition) is 1. The Hall–Kier alpha value is -3.21. The van der Waals surface area contributed by atoms with E-state index < -0.39 is 36.1 Å². The van der Waals surface area contributed by atoms with Crippen LogP contribution >= 0.6 is 0 Å². The van der Waals surface area contributed by atoms with Gasteiger partial charge in [0.1, 0.15) is 4.90 Å². The van der Waals surface area contributed by atoms with Gasteiger partial charge in [0.05, 0.1) is 9.85 Å². The Labute approximate surface area is 181 Å². The second kappa shape index (κ2) is 10.7. The van der Waals surface area contributed by atoms with Crippen molar-refractivity contribution >= 4 is 32.8 Å². The topological polar surface area (TPSA) is 136 Å². The molecule has 168 valence electrons. The van der Waals surface area contributed by atoms with Crippen molar-refractivity contribution in [1.29, 1.82) is 0 Å². The Kier molecular flexibility index (Phi) is 8.31. The fourth-order valence-corrected chi connectivity index (χ4v) is 4.19. The van der Waals surface area contributed by atoms with Gasteiger partial charge in [0, 0.05) is 30.9 Å². The molecule has 0 fully saturated rings. The van der Waals surface area contributed by atoms with Crippen LogP contribution in [0.4, 0.5) is 22.7 Å². The van der Waals surface area contributed by atoms with Crippen molar-refractivity contribution in [2.24, 2.45) is 0 Å². The minimum absolute atomic E-state index is 0.157. The number of sulfonamides is 1. The molecule has 0 saturated carbocycles. The minimum Gasteiger partial charge on any atom is -0.360 e. The fraction of sp³-hybridized carbons (Fsp3) is 0.400. The Morgan fingerprint density at radius 2 is 1.39 bits per heavy atom. The third kappa shape index (κ3) is 6.14. The molecule has 0 saturated heterocycles. The summed E-state index contributed by atoms with van der Waals surface area (Å²) in [6.45, 7) is 4.69. The predicted octanol–water partition coefficient (Wildman–Crippen LogP) is 4.71. The fourth-order valence-electron chi connectivity index (χ4n) is 3.09. The van der Waals surface area contributed by atoms with E-state index >= 15 is 0 Å². The number of nitrogens with zero attached hydrogens (tertiary/aromatic N) is 3. The van der Waals surface area contributed by atoms with Gasteiger partial charge in [-0.3, -0.25) is 25.0 Å². The van der Waals surface area contributed by atoms with Crippen molar-refractivity contribution in [1.82, 2.24) is 0 Å². The van der Waals surface area contributed by atoms with Crippen molar-refractivity contribution in [3.8, 4) is 0 Å². The summed E-state index contributed by atoms with van der Waals surface area (Å²) in [6.07, 6.45) is 2.98. The first kappa shape index (κ1) is 24.1. The summed E-state index contributed by atoms with van der Waals surface area (Å²) in [5, 5.41) is 23.7. The summed E-state index contributed by atoms with van der Waals surface area (Å²) in [5.74, 6) is 0. The first-order valence-corrected chi connectivity index (χ1v) is 11.5. The Morgan fingerprint density at radius 3 is 1.81 bits per heavy atom. The largest absolute Gasteiger partial charge is 0.360 e. The third-order valence-electron chi connectivity index (χ3n) is 4.65. The van der Waals surface area contributed by atoms with Gasteiger partial charge in [-0.15, -0.1) is 0 Å². The second-order valence-electron chi connectivity index (χ2n) is 6.99. The third-order valence-corrected chi connectivity index (χ3v) is 6.01. The maximum Gasteiger partial charge on any atom is 0.301 e. The highest BCUT2D eigenvalue weighted by Gasteiger charge is 2.33. The summed E-state index contributed by atoms with van der Waals surface area (Å²) in [4.78, 5) is 23.2. The molecule has 0 radical (unpaired) electrons. The van der Waals surface area contributed by atoms with E-state index in [1.807, 2.05) is 13.8 Å². The average Bonchev–Trinajstić information content (AvgIpc) is 2.73. The molecule has 1 N–H and O–H groups in total. The zero-order valence-corrected chi connectivity index (χ0v) is 18.3. The van der Waals surface area contributed by atoms with Crippen LogP contribution in [0.3, 0.4) is 0 Å². The quantitative estimate of drug-likeness (QED) is 0.365. The highest BCUT2D eigenvalue weighted by molar-refractivity contribution is 7.92. The van der Waals surface area contributed by atoms with Gasteiger partial charge < -0.3 is 4.90 Å². The van der Waals surface area contributed by atoms with Crippen LogP contribution < -0.4 is 9.62 Å². The lowest BCUT2D eigenvalue weighted by molar-refractivity contribution is -0.393. The van der Waals surface area contributed by atoms with E-state index in [1.165, 1.54) is 12.1 Å². The number of rotatable bonds is 12. The molecule has 0 heterocycles. The molecule has 2 aromatic rings. The number of benzene rings is 2. The van der Waals surface area contributed by atoms with Crippen molar-refractivity contribution in [3.05, 3.63) is 62.7 Å². The molecule has 10 nitrogen and oxygen atoms in total. The first-order chi connectivity index (χ1) is 14.7. The first-order valence-electron chi connectivity index (χ1n) is 10.0. The smallest absolute Gasteiger partial charge is 0.301 e. The van der Waals surface area contributed by atoms with Crippen molar-refractivity contribution in [2.75, 3.05) is 22.7 Å². The van der Waals surface area contributed by atoms with Crippen LogP contribution in [0.15, 0.2) is 47.4 Å². The SMILES string of the molecule is CCCCN(CCCC)c1c([N+](=O)[O-])cc(S(=O)(=O)Nc2ccccc2)cc1[N+](=O)[O-]. The van der Waals surface area contributed by atoms with Crippen LogP contribution in [0, 0.1) is 20.2 Å². The van der Waals surface area contributed by atoms with E-state index in [-0.39, 0.29) is 11.4 Å². The number of hydrogen-bond acceptors (Lipinski definition) is 7. The normalized spacial score (nSPS) is 11.2. The molecule has 11 heteroatoms. The maximum absolute atomic E-state index is 12.8. The number of unbranched alkanes of at least 4 members (excludes halogenated alkanes) is 2. The average molecular weight is 451 g/mol. The molecule has 2 aromatic carbocycles. The highest BCUT2D eigenvalue weighted by Crippen LogP contribution is 2.40. The summed E-state index contributed by atoms with van der Waals surface area (Å²) < 4.78 is 27.9. The van der Waals surface area contributed by atoms with Crippen LogP contribution in [0.5, 0.6) is 0 Å². The van der Waals surface area contributed by atoms with Gasteiger partial charge >= 0.3 is 11.4 Å². The molecule has 0 spiro atoms. The van der Waals surface area contributed by atoms with Crippen molar-refractivity contribution in [2.45, 2.75) is 44.4 Å². The molecule has 2 rings (SSSR count). The lowest BCUT2D eigenvalue weighted by Crippen LogP contribution is -2.27. The minimum atomic E-state index is -4.28. The highest BCUT2D eigenvalue weighted by atomic mass is 32.2. The van der Waals surface area contributed by atoms with Gasteiger partial charge in [0.2, 0.25) is 0 Å². The van der Waals surface area contributed by atoms with E-state index in [2.05, 4.69) is 4.72 Å². The number of nitro benzene ring substituents is 2. The zero-order valence-electron chi connectivity index (χ0n) is 17.5. The Morgan fingerprint density at radius 1 is 0.903 bits per heavy atom. The molecule has 31 heavy (non-hydrogen) atoms. The van der Waals surface area contributed by atoms with Crippen molar-refractivity contribution in [3.63, 3.8) is 0 Å². The molecule has 0 aliphatic rings. The van der Waals surface area contributed by atoms with E-state index in [9.17, 15) is 28.6 Å². The molecule has 0 atom stereocenters. The van der Waals surface area contributed by atoms with Gasteiger partial charge in [-0.1, -0.05) is 44.9 Å². The number of anilines is 2. The van der Waals surface area contributed by atoms with Crippen LogP contribution in [0.25, 0.3) is 0 Å². The summed E-state index contributed by atoms with van der Waals surface area (Å²) in [6, 6.07) is 9.72. The molecule has 0 unspecified atom stereocenters. The van der Waals surface area contributed by atoms with Crippen LogP contribution in [-0.4, -0.2) is 31.4 Å². The second-order valence-corrected chi connectivity index (χ2v) is 8.67. The summed E-state index contributed by atoms with van der Waals surface area (Å²) in [7, 11) is -4.28. The van der Waals surface area contributed by atoms with Crippen LogP contribution in [0.2, 0.25) is 0 Å². The Balaban J connectivity index is 2.64. The van der Waals surface area contributed by atoms with Crippen LogP contribution in [-0.2, 0) is 10.0 Å². The number of para-hydroxylation sites is 1. The molecule has 0 aliphatic carbocycles. The maximum atomic E-state index is 12.8. The molecule has 0 aliphatic heterocycles. The zero-order chi connectivity index (χ0) is 23.0. The monoisotopic (exact) mass is 450 g/mol. The molecule has 0 amide bonds. The van der Waals surface area contributed by atoms with Crippen molar-refractivity contribution < 1.29 is 18.3 Å². The molecule has 0 aromatic heterocycles. The van der Waals surface area contributed by atoms with Gasteiger partial charge in [0.25, 0.3) is 10.0 Å². The van der Waals surface area contributed by atoms with E-state index in [1.54, 1.807) is 23.1 Å².